The van der Waals surface area contributed by atoms with Gasteiger partial charge in [0.25, 0.3) is 11.1 Å². The summed E-state index contributed by atoms with van der Waals surface area (Å²) in [6, 6.07) is 6.86. The quantitative estimate of drug-likeness (QED) is 0.629. The third-order valence-corrected chi connectivity index (χ3v) is 3.79. The third-order valence-electron chi connectivity index (χ3n) is 2.63. The van der Waals surface area contributed by atoms with Gasteiger partial charge in [0.15, 0.2) is 0 Å². The molecule has 2 rings (SSSR count). The highest BCUT2D eigenvalue weighted by Crippen LogP contribution is 2.32. The molecule has 21 heavy (non-hydrogen) atoms. The van der Waals surface area contributed by atoms with Crippen LogP contribution in [0.15, 0.2) is 29.2 Å². The van der Waals surface area contributed by atoms with E-state index in [0.717, 1.165) is 22.2 Å². The molecule has 0 N–H and O–H groups in total. The zero-order chi connectivity index (χ0) is 15.4. The van der Waals surface area contributed by atoms with E-state index in [1.165, 1.54) is 0 Å². The first-order valence-corrected chi connectivity index (χ1v) is 7.37. The van der Waals surface area contributed by atoms with Gasteiger partial charge in [-0.3, -0.25) is 19.3 Å². The topological polar surface area (TPSA) is 63.7 Å². The van der Waals surface area contributed by atoms with Gasteiger partial charge in [-0.25, -0.2) is 0 Å². The predicted molar refractivity (Wildman–Crippen MR) is 80.8 cm³/mol. The van der Waals surface area contributed by atoms with E-state index in [2.05, 4.69) is 0 Å². The highest BCUT2D eigenvalue weighted by molar-refractivity contribution is 8.18. The first-order chi connectivity index (χ1) is 10.0. The minimum Gasteiger partial charge on any atom is -0.465 e. The largest absolute Gasteiger partial charge is 0.465 e. The summed E-state index contributed by atoms with van der Waals surface area (Å²) < 4.78 is 4.74. The van der Waals surface area contributed by atoms with Gasteiger partial charge in [0.05, 0.1) is 11.5 Å². The normalized spacial score (nSPS) is 16.7. The molecule has 0 spiro atoms. The maximum Gasteiger partial charge on any atom is 0.326 e. The summed E-state index contributed by atoms with van der Waals surface area (Å²) in [5.41, 5.74) is 0.751. The summed E-state index contributed by atoms with van der Waals surface area (Å²) in [5, 5.41) is 0.107. The summed E-state index contributed by atoms with van der Waals surface area (Å²) in [7, 11) is 0. The Bertz CT molecular complexity index is 612. The van der Waals surface area contributed by atoms with Crippen molar-refractivity contribution in [1.82, 2.24) is 4.90 Å². The van der Waals surface area contributed by atoms with E-state index in [9.17, 15) is 14.4 Å². The van der Waals surface area contributed by atoms with Crippen LogP contribution in [0.5, 0.6) is 0 Å². The van der Waals surface area contributed by atoms with Crippen LogP contribution < -0.4 is 0 Å². The number of benzene rings is 1. The average molecular weight is 326 g/mol. The molecule has 0 bridgehead atoms. The second-order valence-corrected chi connectivity index (χ2v) is 5.55. The number of imide groups is 1. The monoisotopic (exact) mass is 325 g/mol. The molecule has 0 aliphatic carbocycles. The second-order valence-electron chi connectivity index (χ2n) is 4.12. The summed E-state index contributed by atoms with van der Waals surface area (Å²) >= 11 is 6.58. The highest BCUT2D eigenvalue weighted by Gasteiger charge is 2.36. The highest BCUT2D eigenvalue weighted by atomic mass is 35.5. The molecule has 1 saturated heterocycles. The molecule has 1 fully saturated rings. The maximum atomic E-state index is 12.1. The van der Waals surface area contributed by atoms with E-state index in [-0.39, 0.29) is 18.1 Å². The smallest absolute Gasteiger partial charge is 0.326 e. The van der Waals surface area contributed by atoms with Gasteiger partial charge in [-0.05, 0) is 42.5 Å². The number of halogens is 1. The zero-order valence-electron chi connectivity index (χ0n) is 11.2. The second kappa shape index (κ2) is 6.78. The van der Waals surface area contributed by atoms with Crippen LogP contribution in [-0.2, 0) is 14.3 Å². The molecule has 110 valence electrons. The van der Waals surface area contributed by atoms with Gasteiger partial charge in [-0.15, -0.1) is 0 Å². The molecule has 1 aromatic carbocycles. The molecule has 0 radical (unpaired) electrons. The number of amides is 2. The molecule has 0 unspecified atom stereocenters. The lowest BCUT2D eigenvalue weighted by Crippen LogP contribution is -2.34. The Labute approximate surface area is 130 Å². The van der Waals surface area contributed by atoms with Crippen LogP contribution >= 0.6 is 23.4 Å². The number of thioether (sulfide) groups is 1. The maximum absolute atomic E-state index is 12.1. The van der Waals surface area contributed by atoms with Gasteiger partial charge in [0, 0.05) is 5.02 Å². The van der Waals surface area contributed by atoms with Gasteiger partial charge in [0.1, 0.15) is 6.54 Å². The minimum absolute atomic E-state index is 0.204. The molecule has 0 atom stereocenters. The number of nitrogens with zero attached hydrogens (tertiary/aromatic N) is 1. The van der Waals surface area contributed by atoms with E-state index in [1.54, 1.807) is 37.3 Å². The number of ether oxygens (including phenoxy) is 1. The number of hydrogen-bond donors (Lipinski definition) is 0. The van der Waals surface area contributed by atoms with Crippen LogP contribution in [0.4, 0.5) is 4.79 Å². The van der Waals surface area contributed by atoms with Crippen molar-refractivity contribution in [3.05, 3.63) is 39.8 Å². The van der Waals surface area contributed by atoms with Crippen LogP contribution in [0.1, 0.15) is 12.5 Å². The molecule has 2 amide bonds. The number of hydrogen-bond acceptors (Lipinski definition) is 5. The van der Waals surface area contributed by atoms with Crippen LogP contribution in [0.25, 0.3) is 6.08 Å². The Morgan fingerprint density at radius 2 is 2.00 bits per heavy atom. The van der Waals surface area contributed by atoms with Crippen molar-refractivity contribution in [2.75, 3.05) is 13.2 Å². The molecule has 0 saturated carbocycles. The molecule has 1 aromatic rings. The van der Waals surface area contributed by atoms with E-state index in [1.807, 2.05) is 0 Å². The lowest BCUT2D eigenvalue weighted by Gasteiger charge is -2.10. The van der Waals surface area contributed by atoms with Gasteiger partial charge >= 0.3 is 5.97 Å². The van der Waals surface area contributed by atoms with E-state index < -0.39 is 17.1 Å². The summed E-state index contributed by atoms with van der Waals surface area (Å²) in [5.74, 6) is -1.10. The molecular weight excluding hydrogens is 314 g/mol. The van der Waals surface area contributed by atoms with Crippen molar-refractivity contribution in [2.24, 2.45) is 0 Å². The zero-order valence-corrected chi connectivity index (χ0v) is 12.7. The average Bonchev–Trinajstić information content (AvgIpc) is 2.69. The fourth-order valence-corrected chi connectivity index (χ4v) is 2.65. The van der Waals surface area contributed by atoms with Crippen LogP contribution in [0, 0.1) is 0 Å². The molecule has 1 heterocycles. The van der Waals surface area contributed by atoms with Crippen LogP contribution in [0.2, 0.25) is 5.02 Å². The van der Waals surface area contributed by atoms with Crippen molar-refractivity contribution < 1.29 is 19.1 Å². The van der Waals surface area contributed by atoms with Gasteiger partial charge in [-0.1, -0.05) is 23.7 Å². The fourth-order valence-electron chi connectivity index (χ4n) is 1.68. The molecular formula is C14H12ClNO4S. The van der Waals surface area contributed by atoms with Gasteiger partial charge < -0.3 is 4.74 Å². The van der Waals surface area contributed by atoms with Gasteiger partial charge in [-0.2, -0.15) is 0 Å². The standard InChI is InChI=1S/C14H12ClNO4S/c1-2-20-12(17)8-16-13(18)11(21-14(16)19)7-9-3-5-10(15)6-4-9/h3-7H,2,8H2,1H3/b11-7+. The van der Waals surface area contributed by atoms with Crippen LogP contribution in [0.3, 0.4) is 0 Å². The Kier molecular flexibility index (Phi) is 5.03. The Morgan fingerprint density at radius 3 is 2.62 bits per heavy atom. The Hall–Kier alpha value is -1.79. The molecule has 1 aliphatic heterocycles. The SMILES string of the molecule is CCOC(=O)CN1C(=O)S/C(=C/c2ccc(Cl)cc2)C1=O. The van der Waals surface area contributed by atoms with E-state index in [0.29, 0.717) is 5.02 Å². The molecule has 5 nitrogen and oxygen atoms in total. The summed E-state index contributed by atoms with van der Waals surface area (Å²) in [6.45, 7) is 1.50. The van der Waals surface area contributed by atoms with E-state index in [4.69, 9.17) is 16.3 Å². The molecule has 7 heteroatoms. The minimum atomic E-state index is -0.604. The van der Waals surface area contributed by atoms with Crippen molar-refractivity contribution in [1.29, 1.82) is 0 Å². The number of carbonyl (C=O) groups is 3. The summed E-state index contributed by atoms with van der Waals surface area (Å²) in [4.78, 5) is 36.4. The van der Waals surface area contributed by atoms with E-state index >= 15 is 0 Å². The lowest BCUT2D eigenvalue weighted by molar-refractivity contribution is -0.145. The van der Waals surface area contributed by atoms with Gasteiger partial charge in [0.2, 0.25) is 0 Å². The van der Waals surface area contributed by atoms with Crippen molar-refractivity contribution in [3.8, 4) is 0 Å². The Balaban J connectivity index is 2.13. The predicted octanol–water partition coefficient (Wildman–Crippen LogP) is 2.94. The lowest BCUT2D eigenvalue weighted by atomic mass is 10.2. The number of rotatable bonds is 4. The number of carbonyl (C=O) groups excluding carboxylic acids is 3. The third kappa shape index (κ3) is 3.86. The number of esters is 1. The first-order valence-electron chi connectivity index (χ1n) is 6.18. The first kappa shape index (κ1) is 15.6. The molecule has 1 aliphatic rings. The van der Waals surface area contributed by atoms with Crippen molar-refractivity contribution >= 4 is 46.6 Å². The fraction of sp³-hybridized carbons (Fsp3) is 0.214. The molecule has 0 aromatic heterocycles. The van der Waals surface area contributed by atoms with Crippen LogP contribution in [-0.4, -0.2) is 35.2 Å². The Morgan fingerprint density at radius 1 is 1.33 bits per heavy atom. The summed E-state index contributed by atoms with van der Waals surface area (Å²) in [6.07, 6.45) is 1.59. The van der Waals surface area contributed by atoms with Crippen molar-refractivity contribution in [2.45, 2.75) is 6.92 Å². The van der Waals surface area contributed by atoms with Crippen molar-refractivity contribution in [3.63, 3.8) is 0 Å².